The SMILES string of the molecule is CN(C(=O)C(=O)NC(c1ccccc1)c1ccccc1)c1ccc(O)cc1. The summed E-state index contributed by atoms with van der Waals surface area (Å²) in [6.07, 6.45) is 0. The topological polar surface area (TPSA) is 69.6 Å². The maximum atomic E-state index is 12.6. The van der Waals surface area contributed by atoms with Gasteiger partial charge >= 0.3 is 11.8 Å². The quantitative estimate of drug-likeness (QED) is 0.702. The number of nitrogens with one attached hydrogen (secondary N) is 1. The number of hydrogen-bond acceptors (Lipinski definition) is 3. The van der Waals surface area contributed by atoms with E-state index in [1.165, 1.54) is 24.1 Å². The maximum absolute atomic E-state index is 12.6. The van der Waals surface area contributed by atoms with Gasteiger partial charge in [0.1, 0.15) is 5.75 Å². The molecule has 0 atom stereocenters. The van der Waals surface area contributed by atoms with Gasteiger partial charge in [0, 0.05) is 12.7 Å². The minimum atomic E-state index is -0.705. The second-order valence-electron chi connectivity index (χ2n) is 6.11. The van der Waals surface area contributed by atoms with E-state index in [1.807, 2.05) is 60.7 Å². The van der Waals surface area contributed by atoms with Crippen molar-refractivity contribution in [2.75, 3.05) is 11.9 Å². The molecule has 2 N–H and O–H groups in total. The van der Waals surface area contributed by atoms with Crippen molar-refractivity contribution >= 4 is 17.5 Å². The Hall–Kier alpha value is -3.60. The van der Waals surface area contributed by atoms with Crippen LogP contribution in [0.1, 0.15) is 17.2 Å². The zero-order valence-electron chi connectivity index (χ0n) is 14.9. The van der Waals surface area contributed by atoms with Gasteiger partial charge in [-0.1, -0.05) is 60.7 Å². The first kappa shape index (κ1) is 18.2. The summed E-state index contributed by atoms with van der Waals surface area (Å²) >= 11 is 0. The number of benzene rings is 3. The lowest BCUT2D eigenvalue weighted by atomic mass is 9.98. The molecule has 0 aliphatic rings. The van der Waals surface area contributed by atoms with E-state index in [9.17, 15) is 14.7 Å². The predicted molar refractivity (Wildman–Crippen MR) is 104 cm³/mol. The highest BCUT2D eigenvalue weighted by Crippen LogP contribution is 2.22. The van der Waals surface area contributed by atoms with Gasteiger partial charge in [-0.2, -0.15) is 0 Å². The maximum Gasteiger partial charge on any atom is 0.316 e. The van der Waals surface area contributed by atoms with Crippen LogP contribution < -0.4 is 10.2 Å². The van der Waals surface area contributed by atoms with Gasteiger partial charge < -0.3 is 15.3 Å². The van der Waals surface area contributed by atoms with Gasteiger partial charge in [0.05, 0.1) is 6.04 Å². The van der Waals surface area contributed by atoms with Gasteiger partial charge in [0.2, 0.25) is 0 Å². The fourth-order valence-corrected chi connectivity index (χ4v) is 2.79. The first-order valence-corrected chi connectivity index (χ1v) is 8.54. The molecule has 0 saturated carbocycles. The molecule has 136 valence electrons. The minimum absolute atomic E-state index is 0.0947. The van der Waals surface area contributed by atoms with Crippen LogP contribution in [0.5, 0.6) is 5.75 Å². The Morgan fingerprint density at radius 1 is 0.815 bits per heavy atom. The van der Waals surface area contributed by atoms with Gasteiger partial charge in [-0.15, -0.1) is 0 Å². The number of amides is 2. The van der Waals surface area contributed by atoms with Gasteiger partial charge in [-0.05, 0) is 35.4 Å². The molecule has 0 unspecified atom stereocenters. The van der Waals surface area contributed by atoms with E-state index in [0.29, 0.717) is 5.69 Å². The Balaban J connectivity index is 1.82. The number of hydrogen-bond donors (Lipinski definition) is 2. The molecule has 2 amide bonds. The third kappa shape index (κ3) is 4.33. The number of carbonyl (C=O) groups excluding carboxylic acids is 2. The summed E-state index contributed by atoms with van der Waals surface area (Å²) in [5.41, 5.74) is 2.29. The third-order valence-electron chi connectivity index (χ3n) is 4.28. The number of carbonyl (C=O) groups is 2. The fourth-order valence-electron chi connectivity index (χ4n) is 2.79. The summed E-state index contributed by atoms with van der Waals surface area (Å²) in [6, 6.07) is 24.6. The highest BCUT2D eigenvalue weighted by Gasteiger charge is 2.24. The molecule has 0 fully saturated rings. The summed E-state index contributed by atoms with van der Waals surface area (Å²) in [4.78, 5) is 26.5. The van der Waals surface area contributed by atoms with Crippen LogP contribution >= 0.6 is 0 Å². The van der Waals surface area contributed by atoms with Crippen LogP contribution in [0.3, 0.4) is 0 Å². The fraction of sp³-hybridized carbons (Fsp3) is 0.0909. The van der Waals surface area contributed by atoms with Crippen LogP contribution in [-0.4, -0.2) is 24.0 Å². The molecule has 0 radical (unpaired) electrons. The zero-order valence-corrected chi connectivity index (χ0v) is 14.9. The molecule has 0 aliphatic carbocycles. The van der Waals surface area contributed by atoms with Crippen molar-refractivity contribution in [2.45, 2.75) is 6.04 Å². The molecular weight excluding hydrogens is 340 g/mol. The normalized spacial score (nSPS) is 10.4. The number of nitrogens with zero attached hydrogens (tertiary/aromatic N) is 1. The second kappa shape index (κ2) is 8.19. The molecule has 3 aromatic carbocycles. The molecule has 3 aromatic rings. The van der Waals surface area contributed by atoms with E-state index in [-0.39, 0.29) is 5.75 Å². The summed E-state index contributed by atoms with van der Waals surface area (Å²) in [5.74, 6) is -1.29. The van der Waals surface area contributed by atoms with E-state index in [4.69, 9.17) is 0 Å². The van der Waals surface area contributed by atoms with Crippen molar-refractivity contribution in [3.05, 3.63) is 96.1 Å². The van der Waals surface area contributed by atoms with Crippen LogP contribution in [0.25, 0.3) is 0 Å². The number of aromatic hydroxyl groups is 1. The van der Waals surface area contributed by atoms with Crippen molar-refractivity contribution in [3.8, 4) is 5.75 Å². The highest BCUT2D eigenvalue weighted by molar-refractivity contribution is 6.40. The molecule has 3 rings (SSSR count). The lowest BCUT2D eigenvalue weighted by Crippen LogP contribution is -2.42. The molecule has 0 aromatic heterocycles. The number of anilines is 1. The predicted octanol–water partition coefficient (Wildman–Crippen LogP) is 3.26. The molecule has 5 nitrogen and oxygen atoms in total. The molecule has 0 spiro atoms. The first-order valence-electron chi connectivity index (χ1n) is 8.54. The van der Waals surface area contributed by atoms with Gasteiger partial charge in [-0.25, -0.2) is 0 Å². The summed E-state index contributed by atoms with van der Waals surface area (Å²) in [5, 5.41) is 12.2. The van der Waals surface area contributed by atoms with E-state index < -0.39 is 17.9 Å². The van der Waals surface area contributed by atoms with E-state index in [1.54, 1.807) is 12.1 Å². The Bertz CT molecular complexity index is 870. The molecule has 0 bridgehead atoms. The van der Waals surface area contributed by atoms with Crippen LogP contribution in [0.4, 0.5) is 5.69 Å². The van der Waals surface area contributed by atoms with Gasteiger partial charge in [-0.3, -0.25) is 9.59 Å². The summed E-state index contributed by atoms with van der Waals surface area (Å²) in [7, 11) is 1.52. The lowest BCUT2D eigenvalue weighted by molar-refractivity contribution is -0.137. The number of phenols is 1. The molecule has 0 heterocycles. The standard InChI is InChI=1S/C22H20N2O3/c1-24(18-12-14-19(25)15-13-18)22(27)21(26)23-20(16-8-4-2-5-9-16)17-10-6-3-7-11-17/h2-15,20,25H,1H3,(H,23,26). The van der Waals surface area contributed by atoms with E-state index in [2.05, 4.69) is 5.32 Å². The average Bonchev–Trinajstić information content (AvgIpc) is 2.72. The van der Waals surface area contributed by atoms with Crippen molar-refractivity contribution in [1.82, 2.24) is 5.32 Å². The highest BCUT2D eigenvalue weighted by atomic mass is 16.3. The molecule has 0 saturated heterocycles. The van der Waals surface area contributed by atoms with E-state index >= 15 is 0 Å². The number of likely N-dealkylation sites (N-methyl/N-ethyl adjacent to an activating group) is 1. The van der Waals surface area contributed by atoms with Crippen LogP contribution in [0.2, 0.25) is 0 Å². The summed E-state index contributed by atoms with van der Waals surface area (Å²) in [6.45, 7) is 0. The van der Waals surface area contributed by atoms with Gasteiger partial charge in [0.15, 0.2) is 0 Å². The smallest absolute Gasteiger partial charge is 0.316 e. The monoisotopic (exact) mass is 360 g/mol. The van der Waals surface area contributed by atoms with Crippen LogP contribution in [-0.2, 0) is 9.59 Å². The minimum Gasteiger partial charge on any atom is -0.508 e. The van der Waals surface area contributed by atoms with E-state index in [0.717, 1.165) is 11.1 Å². The number of phenolic OH excluding ortho intramolecular Hbond substituents is 1. The second-order valence-corrected chi connectivity index (χ2v) is 6.11. The Kier molecular flexibility index (Phi) is 5.52. The van der Waals surface area contributed by atoms with Crippen molar-refractivity contribution in [2.24, 2.45) is 0 Å². The number of rotatable bonds is 4. The largest absolute Gasteiger partial charge is 0.508 e. The average molecular weight is 360 g/mol. The van der Waals surface area contributed by atoms with Crippen molar-refractivity contribution in [3.63, 3.8) is 0 Å². The Morgan fingerprint density at radius 2 is 1.30 bits per heavy atom. The van der Waals surface area contributed by atoms with Gasteiger partial charge in [0.25, 0.3) is 0 Å². The first-order chi connectivity index (χ1) is 13.1. The van der Waals surface area contributed by atoms with Crippen LogP contribution in [0, 0.1) is 0 Å². The summed E-state index contributed by atoms with van der Waals surface area (Å²) < 4.78 is 0. The Morgan fingerprint density at radius 3 is 1.78 bits per heavy atom. The molecular formula is C22H20N2O3. The Labute approximate surface area is 157 Å². The lowest BCUT2D eigenvalue weighted by Gasteiger charge is -2.22. The van der Waals surface area contributed by atoms with Crippen LogP contribution in [0.15, 0.2) is 84.9 Å². The molecule has 0 aliphatic heterocycles. The molecule has 5 heteroatoms. The van der Waals surface area contributed by atoms with Crippen molar-refractivity contribution < 1.29 is 14.7 Å². The zero-order chi connectivity index (χ0) is 19.2. The third-order valence-corrected chi connectivity index (χ3v) is 4.28. The van der Waals surface area contributed by atoms with Crippen molar-refractivity contribution in [1.29, 1.82) is 0 Å². The molecule has 27 heavy (non-hydrogen) atoms.